The zero-order valence-electron chi connectivity index (χ0n) is 11.2. The number of sulfonamides is 1. The summed E-state index contributed by atoms with van der Waals surface area (Å²) in [6, 6.07) is 0. The van der Waals surface area contributed by atoms with Gasteiger partial charge in [0.05, 0.1) is 5.75 Å². The summed E-state index contributed by atoms with van der Waals surface area (Å²) in [7, 11) is -3.03. The Bertz CT molecular complexity index is 348. The van der Waals surface area contributed by atoms with E-state index in [0.29, 0.717) is 30.7 Å². The zero-order valence-corrected chi connectivity index (χ0v) is 12.0. The molecule has 1 heterocycles. The molecule has 18 heavy (non-hydrogen) atoms. The highest BCUT2D eigenvalue weighted by Crippen LogP contribution is 2.28. The van der Waals surface area contributed by atoms with Gasteiger partial charge in [-0.2, -0.15) is 0 Å². The van der Waals surface area contributed by atoms with Gasteiger partial charge in [0.15, 0.2) is 0 Å². The quantitative estimate of drug-likeness (QED) is 0.827. The zero-order chi connectivity index (χ0) is 13.0. The minimum atomic E-state index is -3.03. The molecule has 1 saturated carbocycles. The monoisotopic (exact) mass is 274 g/mol. The molecular formula is C13H26N2O2S. The van der Waals surface area contributed by atoms with Crippen LogP contribution in [0.2, 0.25) is 0 Å². The van der Waals surface area contributed by atoms with Crippen LogP contribution in [0.3, 0.4) is 0 Å². The van der Waals surface area contributed by atoms with Gasteiger partial charge in [0, 0.05) is 13.1 Å². The summed E-state index contributed by atoms with van der Waals surface area (Å²) in [6.45, 7) is 2.09. The molecule has 0 amide bonds. The Morgan fingerprint density at radius 3 is 2.39 bits per heavy atom. The molecule has 106 valence electrons. The van der Waals surface area contributed by atoms with Crippen molar-refractivity contribution in [1.82, 2.24) is 4.31 Å². The first-order valence-electron chi connectivity index (χ1n) is 7.29. The second kappa shape index (κ2) is 6.35. The second-order valence-electron chi connectivity index (χ2n) is 5.87. The van der Waals surface area contributed by atoms with Crippen molar-refractivity contribution in [2.45, 2.75) is 44.9 Å². The highest BCUT2D eigenvalue weighted by atomic mass is 32.2. The molecule has 1 atom stereocenters. The topological polar surface area (TPSA) is 63.4 Å². The smallest absolute Gasteiger partial charge is 0.214 e. The maximum atomic E-state index is 12.4. The molecule has 0 aromatic heterocycles. The maximum absolute atomic E-state index is 12.4. The van der Waals surface area contributed by atoms with E-state index < -0.39 is 10.0 Å². The van der Waals surface area contributed by atoms with Crippen LogP contribution in [0.4, 0.5) is 0 Å². The first-order chi connectivity index (χ1) is 8.62. The van der Waals surface area contributed by atoms with Crippen molar-refractivity contribution in [3.8, 4) is 0 Å². The van der Waals surface area contributed by atoms with E-state index in [1.807, 2.05) is 0 Å². The molecule has 2 N–H and O–H groups in total. The molecule has 4 nitrogen and oxygen atoms in total. The number of piperidine rings is 1. The van der Waals surface area contributed by atoms with Crippen molar-refractivity contribution in [3.05, 3.63) is 0 Å². The molecule has 1 aliphatic carbocycles. The molecular weight excluding hydrogens is 248 g/mol. The highest BCUT2D eigenvalue weighted by Gasteiger charge is 2.31. The molecule has 0 spiro atoms. The lowest BCUT2D eigenvalue weighted by molar-refractivity contribution is 0.257. The Labute approximate surface area is 111 Å². The number of rotatable bonds is 5. The predicted octanol–water partition coefficient (Wildman–Crippen LogP) is 1.57. The summed E-state index contributed by atoms with van der Waals surface area (Å²) in [6.07, 6.45) is 7.68. The van der Waals surface area contributed by atoms with E-state index in [-0.39, 0.29) is 0 Å². The van der Waals surface area contributed by atoms with Gasteiger partial charge in [-0.1, -0.05) is 12.8 Å². The molecule has 5 heteroatoms. The summed E-state index contributed by atoms with van der Waals surface area (Å²) < 4.78 is 26.5. The van der Waals surface area contributed by atoms with Crippen LogP contribution in [-0.4, -0.2) is 38.1 Å². The Balaban J connectivity index is 1.91. The molecule has 0 radical (unpaired) electrons. The van der Waals surface area contributed by atoms with Crippen molar-refractivity contribution in [1.29, 1.82) is 0 Å². The Hall–Kier alpha value is -0.130. The fraction of sp³-hybridized carbons (Fsp3) is 1.00. The minimum Gasteiger partial charge on any atom is -0.330 e. The van der Waals surface area contributed by atoms with Gasteiger partial charge in [0.1, 0.15) is 0 Å². The molecule has 1 aliphatic heterocycles. The molecule has 2 aliphatic rings. The average Bonchev–Trinajstić information content (AvgIpc) is 2.82. The van der Waals surface area contributed by atoms with E-state index in [1.165, 1.54) is 12.8 Å². The highest BCUT2D eigenvalue weighted by molar-refractivity contribution is 7.89. The number of hydrogen-bond acceptors (Lipinski definition) is 3. The molecule has 1 saturated heterocycles. The molecule has 2 rings (SSSR count). The van der Waals surface area contributed by atoms with Gasteiger partial charge in [-0.3, -0.25) is 0 Å². The van der Waals surface area contributed by atoms with Gasteiger partial charge in [0.25, 0.3) is 0 Å². The molecule has 0 aromatic rings. The van der Waals surface area contributed by atoms with Crippen LogP contribution >= 0.6 is 0 Å². The summed E-state index contributed by atoms with van der Waals surface area (Å²) in [5.74, 6) is 1.26. The third-order valence-corrected chi connectivity index (χ3v) is 6.38. The van der Waals surface area contributed by atoms with Crippen molar-refractivity contribution < 1.29 is 8.42 Å². The predicted molar refractivity (Wildman–Crippen MR) is 73.7 cm³/mol. The van der Waals surface area contributed by atoms with Gasteiger partial charge in [-0.05, 0) is 50.5 Å². The summed E-state index contributed by atoms with van der Waals surface area (Å²) in [4.78, 5) is 0. The van der Waals surface area contributed by atoms with Crippen molar-refractivity contribution in [2.24, 2.45) is 17.6 Å². The number of nitrogens with two attached hydrogens (primary N) is 1. The van der Waals surface area contributed by atoms with Gasteiger partial charge in [0.2, 0.25) is 10.0 Å². The van der Waals surface area contributed by atoms with Crippen LogP contribution < -0.4 is 5.73 Å². The fourth-order valence-corrected chi connectivity index (χ4v) is 5.32. The lowest BCUT2D eigenvalue weighted by Gasteiger charge is -2.32. The first-order valence-corrected chi connectivity index (χ1v) is 8.90. The van der Waals surface area contributed by atoms with Crippen LogP contribution in [0.5, 0.6) is 0 Å². The van der Waals surface area contributed by atoms with Crippen molar-refractivity contribution in [3.63, 3.8) is 0 Å². The summed E-state index contributed by atoms with van der Waals surface area (Å²) in [5, 5.41) is 0. The Morgan fingerprint density at radius 1 is 1.06 bits per heavy atom. The number of hydrogen-bond donors (Lipinski definition) is 1. The SMILES string of the molecule is NCCC1CCCN(S(=O)(=O)CC2CCCC2)C1. The molecule has 2 fully saturated rings. The average molecular weight is 274 g/mol. The van der Waals surface area contributed by atoms with Gasteiger partial charge >= 0.3 is 0 Å². The van der Waals surface area contributed by atoms with Crippen LogP contribution in [-0.2, 0) is 10.0 Å². The second-order valence-corrected chi connectivity index (χ2v) is 7.89. The third-order valence-electron chi connectivity index (χ3n) is 4.37. The standard InChI is InChI=1S/C13H26N2O2S/c14-8-7-12-6-3-9-15(10-12)18(16,17)11-13-4-1-2-5-13/h12-13H,1-11,14H2. The normalized spacial score (nSPS) is 27.7. The van der Waals surface area contributed by atoms with E-state index in [0.717, 1.165) is 38.6 Å². The Morgan fingerprint density at radius 2 is 1.72 bits per heavy atom. The lowest BCUT2D eigenvalue weighted by Crippen LogP contribution is -2.42. The van der Waals surface area contributed by atoms with Gasteiger partial charge in [-0.15, -0.1) is 0 Å². The van der Waals surface area contributed by atoms with Crippen LogP contribution in [0.25, 0.3) is 0 Å². The Kier molecular flexibility index (Phi) is 5.04. The summed E-state index contributed by atoms with van der Waals surface area (Å²) >= 11 is 0. The van der Waals surface area contributed by atoms with Gasteiger partial charge in [-0.25, -0.2) is 12.7 Å². The third kappa shape index (κ3) is 3.68. The lowest BCUT2D eigenvalue weighted by atomic mass is 9.96. The van der Waals surface area contributed by atoms with Crippen LogP contribution in [0.15, 0.2) is 0 Å². The minimum absolute atomic E-state index is 0.377. The van der Waals surface area contributed by atoms with E-state index in [1.54, 1.807) is 4.31 Å². The van der Waals surface area contributed by atoms with E-state index in [2.05, 4.69) is 0 Å². The van der Waals surface area contributed by atoms with Crippen LogP contribution in [0.1, 0.15) is 44.9 Å². The molecule has 0 aromatic carbocycles. The van der Waals surface area contributed by atoms with E-state index >= 15 is 0 Å². The molecule has 1 unspecified atom stereocenters. The van der Waals surface area contributed by atoms with E-state index in [4.69, 9.17) is 5.73 Å². The van der Waals surface area contributed by atoms with Crippen molar-refractivity contribution >= 4 is 10.0 Å². The first kappa shape index (κ1) is 14.3. The fourth-order valence-electron chi connectivity index (χ4n) is 3.33. The largest absolute Gasteiger partial charge is 0.330 e. The van der Waals surface area contributed by atoms with Gasteiger partial charge < -0.3 is 5.73 Å². The number of nitrogens with zero attached hydrogens (tertiary/aromatic N) is 1. The summed E-state index contributed by atoms with van der Waals surface area (Å²) in [5.41, 5.74) is 5.58. The van der Waals surface area contributed by atoms with E-state index in [9.17, 15) is 8.42 Å². The molecule has 0 bridgehead atoms. The maximum Gasteiger partial charge on any atom is 0.214 e. The van der Waals surface area contributed by atoms with Crippen molar-refractivity contribution in [2.75, 3.05) is 25.4 Å². The van der Waals surface area contributed by atoms with Crippen LogP contribution in [0, 0.1) is 11.8 Å².